The standard InChI is InChI=1S/C15H13F2NO2/c1-20-15(19)14(12-7-2-3-8-13(12)17)18-11-6-4-5-10(16)9-11/h2-9,14,18H,1H3. The molecule has 104 valence electrons. The highest BCUT2D eigenvalue weighted by atomic mass is 19.1. The summed E-state index contributed by atoms with van der Waals surface area (Å²) >= 11 is 0. The Kier molecular flexibility index (Phi) is 4.30. The second kappa shape index (κ2) is 6.14. The molecule has 0 saturated heterocycles. The number of benzene rings is 2. The van der Waals surface area contributed by atoms with Gasteiger partial charge in [0.05, 0.1) is 7.11 Å². The van der Waals surface area contributed by atoms with E-state index in [4.69, 9.17) is 0 Å². The first-order valence-corrected chi connectivity index (χ1v) is 5.96. The maximum atomic E-state index is 13.8. The lowest BCUT2D eigenvalue weighted by Crippen LogP contribution is -2.23. The van der Waals surface area contributed by atoms with Crippen molar-refractivity contribution < 1.29 is 18.3 Å². The summed E-state index contributed by atoms with van der Waals surface area (Å²) in [4.78, 5) is 11.8. The van der Waals surface area contributed by atoms with Crippen LogP contribution in [0.2, 0.25) is 0 Å². The highest BCUT2D eigenvalue weighted by Crippen LogP contribution is 2.23. The minimum absolute atomic E-state index is 0.142. The van der Waals surface area contributed by atoms with Gasteiger partial charge in [-0.15, -0.1) is 0 Å². The van der Waals surface area contributed by atoms with Gasteiger partial charge >= 0.3 is 5.97 Å². The van der Waals surface area contributed by atoms with Gasteiger partial charge in [0.2, 0.25) is 0 Å². The van der Waals surface area contributed by atoms with E-state index in [-0.39, 0.29) is 5.56 Å². The second-order valence-electron chi connectivity index (χ2n) is 4.13. The molecule has 0 aromatic heterocycles. The molecule has 1 unspecified atom stereocenters. The number of hydrogen-bond donors (Lipinski definition) is 1. The summed E-state index contributed by atoms with van der Waals surface area (Å²) in [7, 11) is 1.21. The van der Waals surface area contributed by atoms with Gasteiger partial charge in [-0.2, -0.15) is 0 Å². The van der Waals surface area contributed by atoms with Gasteiger partial charge in [0.15, 0.2) is 6.04 Å². The van der Waals surface area contributed by atoms with Gasteiger partial charge in [-0.05, 0) is 24.3 Å². The maximum Gasteiger partial charge on any atom is 0.333 e. The van der Waals surface area contributed by atoms with Crippen LogP contribution in [0.5, 0.6) is 0 Å². The van der Waals surface area contributed by atoms with E-state index in [2.05, 4.69) is 10.1 Å². The zero-order chi connectivity index (χ0) is 14.5. The molecule has 1 N–H and O–H groups in total. The number of hydrogen-bond acceptors (Lipinski definition) is 3. The Morgan fingerprint density at radius 1 is 1.15 bits per heavy atom. The van der Waals surface area contributed by atoms with Gasteiger partial charge in [0.1, 0.15) is 11.6 Å². The second-order valence-corrected chi connectivity index (χ2v) is 4.13. The van der Waals surface area contributed by atoms with Crippen LogP contribution in [-0.2, 0) is 9.53 Å². The molecule has 0 aliphatic rings. The van der Waals surface area contributed by atoms with E-state index < -0.39 is 23.6 Å². The van der Waals surface area contributed by atoms with Crippen molar-refractivity contribution in [2.75, 3.05) is 12.4 Å². The number of carbonyl (C=O) groups is 1. The summed E-state index contributed by atoms with van der Waals surface area (Å²) in [5.74, 6) is -1.64. The van der Waals surface area contributed by atoms with Crippen LogP contribution in [0.15, 0.2) is 48.5 Å². The zero-order valence-electron chi connectivity index (χ0n) is 10.8. The fourth-order valence-electron chi connectivity index (χ4n) is 1.84. The summed E-state index contributed by atoms with van der Waals surface area (Å²) in [6.07, 6.45) is 0. The highest BCUT2D eigenvalue weighted by molar-refractivity contribution is 5.81. The summed E-state index contributed by atoms with van der Waals surface area (Å²) in [6.45, 7) is 0. The Hall–Kier alpha value is -2.43. The SMILES string of the molecule is COC(=O)C(Nc1cccc(F)c1)c1ccccc1F. The quantitative estimate of drug-likeness (QED) is 0.871. The van der Waals surface area contributed by atoms with Crippen molar-refractivity contribution >= 4 is 11.7 Å². The van der Waals surface area contributed by atoms with E-state index in [9.17, 15) is 13.6 Å². The summed E-state index contributed by atoms with van der Waals surface area (Å²) in [5.41, 5.74) is 0.507. The van der Waals surface area contributed by atoms with Crippen LogP contribution in [0.3, 0.4) is 0 Å². The van der Waals surface area contributed by atoms with E-state index >= 15 is 0 Å². The molecule has 3 nitrogen and oxygen atoms in total. The van der Waals surface area contributed by atoms with Crippen LogP contribution in [0.1, 0.15) is 11.6 Å². The number of methoxy groups -OCH3 is 1. The molecule has 0 amide bonds. The largest absolute Gasteiger partial charge is 0.467 e. The zero-order valence-corrected chi connectivity index (χ0v) is 10.8. The Bertz CT molecular complexity index is 616. The van der Waals surface area contributed by atoms with Gasteiger partial charge in [-0.25, -0.2) is 13.6 Å². The molecule has 0 saturated carbocycles. The third kappa shape index (κ3) is 3.12. The van der Waals surface area contributed by atoms with E-state index in [0.29, 0.717) is 5.69 Å². The van der Waals surface area contributed by atoms with Crippen LogP contribution in [0.4, 0.5) is 14.5 Å². The highest BCUT2D eigenvalue weighted by Gasteiger charge is 2.24. The van der Waals surface area contributed by atoms with Crippen LogP contribution >= 0.6 is 0 Å². The first kappa shape index (κ1) is 14.0. The molecule has 0 aliphatic carbocycles. The lowest BCUT2D eigenvalue weighted by atomic mass is 10.1. The Balaban J connectivity index is 2.34. The number of nitrogens with one attached hydrogen (secondary N) is 1. The van der Waals surface area contributed by atoms with Crippen molar-refractivity contribution in [3.63, 3.8) is 0 Å². The van der Waals surface area contributed by atoms with E-state index in [1.165, 1.54) is 43.5 Å². The van der Waals surface area contributed by atoms with Crippen molar-refractivity contribution in [2.45, 2.75) is 6.04 Å². The molecular formula is C15H13F2NO2. The number of anilines is 1. The fraction of sp³-hybridized carbons (Fsp3) is 0.133. The molecule has 20 heavy (non-hydrogen) atoms. The molecule has 0 fully saturated rings. The molecule has 0 heterocycles. The molecule has 2 aromatic rings. The summed E-state index contributed by atoms with van der Waals surface area (Å²) in [6, 6.07) is 10.4. The van der Waals surface area contributed by atoms with Gasteiger partial charge in [-0.3, -0.25) is 0 Å². The average molecular weight is 277 g/mol. The predicted octanol–water partition coefficient (Wildman–Crippen LogP) is 3.29. The maximum absolute atomic E-state index is 13.8. The fourth-order valence-corrected chi connectivity index (χ4v) is 1.84. The minimum atomic E-state index is -1.04. The van der Waals surface area contributed by atoms with Crippen LogP contribution in [-0.4, -0.2) is 13.1 Å². The molecular weight excluding hydrogens is 264 g/mol. The smallest absolute Gasteiger partial charge is 0.333 e. The van der Waals surface area contributed by atoms with Gasteiger partial charge in [-0.1, -0.05) is 24.3 Å². The Morgan fingerprint density at radius 2 is 1.90 bits per heavy atom. The third-order valence-electron chi connectivity index (χ3n) is 2.79. The summed E-state index contributed by atoms with van der Waals surface area (Å²) in [5, 5.41) is 2.77. The molecule has 2 rings (SSSR count). The first-order chi connectivity index (χ1) is 9.61. The van der Waals surface area contributed by atoms with Gasteiger partial charge in [0, 0.05) is 11.3 Å². The lowest BCUT2D eigenvalue weighted by Gasteiger charge is -2.18. The number of carbonyl (C=O) groups excluding carboxylic acids is 1. The van der Waals surface area contributed by atoms with Crippen molar-refractivity contribution in [1.82, 2.24) is 0 Å². The third-order valence-corrected chi connectivity index (χ3v) is 2.79. The summed E-state index contributed by atoms with van der Waals surface area (Å²) < 4.78 is 31.6. The van der Waals surface area contributed by atoms with Crippen molar-refractivity contribution in [3.05, 3.63) is 65.7 Å². The first-order valence-electron chi connectivity index (χ1n) is 5.96. The van der Waals surface area contributed by atoms with Crippen LogP contribution < -0.4 is 5.32 Å². The Morgan fingerprint density at radius 3 is 2.55 bits per heavy atom. The van der Waals surface area contributed by atoms with Crippen LogP contribution in [0.25, 0.3) is 0 Å². The van der Waals surface area contributed by atoms with Crippen molar-refractivity contribution in [3.8, 4) is 0 Å². The van der Waals surface area contributed by atoms with Gasteiger partial charge < -0.3 is 10.1 Å². The molecule has 1 atom stereocenters. The number of esters is 1. The topological polar surface area (TPSA) is 38.3 Å². The average Bonchev–Trinajstić information content (AvgIpc) is 2.45. The number of halogens is 2. The van der Waals surface area contributed by atoms with Gasteiger partial charge in [0.25, 0.3) is 0 Å². The van der Waals surface area contributed by atoms with Crippen molar-refractivity contribution in [2.24, 2.45) is 0 Å². The lowest BCUT2D eigenvalue weighted by molar-refractivity contribution is -0.141. The molecule has 0 radical (unpaired) electrons. The van der Waals surface area contributed by atoms with E-state index in [0.717, 1.165) is 0 Å². The predicted molar refractivity (Wildman–Crippen MR) is 71.2 cm³/mol. The molecule has 0 bridgehead atoms. The molecule has 0 aliphatic heterocycles. The Labute approximate surface area is 115 Å². The molecule has 2 aromatic carbocycles. The number of rotatable bonds is 4. The van der Waals surface area contributed by atoms with E-state index in [1.807, 2.05) is 0 Å². The van der Waals surface area contributed by atoms with E-state index in [1.54, 1.807) is 12.1 Å². The van der Waals surface area contributed by atoms with Crippen molar-refractivity contribution in [1.29, 1.82) is 0 Å². The normalized spacial score (nSPS) is 11.8. The monoisotopic (exact) mass is 277 g/mol. The minimum Gasteiger partial charge on any atom is -0.467 e. The molecule has 0 spiro atoms. The molecule has 5 heteroatoms. The number of ether oxygens (including phenoxy) is 1. The van der Waals surface area contributed by atoms with Crippen LogP contribution in [0, 0.1) is 11.6 Å².